The van der Waals surface area contributed by atoms with Crippen LogP contribution in [0.25, 0.3) is 11.0 Å². The molecule has 1 aliphatic heterocycles. The molecule has 2 rings (SSSR count). The van der Waals surface area contributed by atoms with Crippen LogP contribution in [0.5, 0.6) is 0 Å². The smallest absolute Gasteiger partial charge is 0.0811 e. The van der Waals surface area contributed by atoms with Crippen LogP contribution in [-0.4, -0.2) is 22.9 Å². The van der Waals surface area contributed by atoms with E-state index in [1.807, 2.05) is 17.8 Å². The van der Waals surface area contributed by atoms with Crippen LogP contribution in [0.15, 0.2) is 31.0 Å². The fraction of sp³-hybridized carbons (Fsp3) is 0.400. The second kappa shape index (κ2) is 6.78. The number of nitrogens with zero attached hydrogens (tertiary/aromatic N) is 2. The van der Waals surface area contributed by atoms with Crippen molar-refractivity contribution in [2.24, 2.45) is 13.0 Å². The summed E-state index contributed by atoms with van der Waals surface area (Å²) in [6.45, 7) is 6.03. The van der Waals surface area contributed by atoms with Gasteiger partial charge in [-0.2, -0.15) is 5.10 Å². The van der Waals surface area contributed by atoms with Gasteiger partial charge in [-0.15, -0.1) is 12.6 Å². The van der Waals surface area contributed by atoms with E-state index >= 15 is 0 Å². The average molecular weight is 275 g/mol. The molecule has 102 valence electrons. The average Bonchev–Trinajstić information content (AvgIpc) is 2.81. The molecule has 1 N–H and O–H groups in total. The van der Waals surface area contributed by atoms with Gasteiger partial charge < -0.3 is 5.32 Å². The highest BCUT2D eigenvalue weighted by Crippen LogP contribution is 2.23. The zero-order valence-corrected chi connectivity index (χ0v) is 12.2. The second-order valence-electron chi connectivity index (χ2n) is 4.82. The van der Waals surface area contributed by atoms with Crippen molar-refractivity contribution in [3.8, 4) is 0 Å². The quantitative estimate of drug-likeness (QED) is 0.654. The summed E-state index contributed by atoms with van der Waals surface area (Å²) in [5.41, 5.74) is 2.02. The van der Waals surface area contributed by atoms with Crippen LogP contribution in [0.3, 0.4) is 0 Å². The number of aromatic nitrogens is 2. The van der Waals surface area contributed by atoms with Crippen LogP contribution < -0.4 is 5.32 Å². The second-order valence-corrected chi connectivity index (χ2v) is 5.30. The van der Waals surface area contributed by atoms with Gasteiger partial charge in [-0.3, -0.25) is 4.68 Å². The molecule has 1 aliphatic rings. The highest BCUT2D eigenvalue weighted by molar-refractivity contribution is 7.90. The number of thiol groups is 1. The molecule has 1 fully saturated rings. The van der Waals surface area contributed by atoms with Crippen LogP contribution in [0.4, 0.5) is 0 Å². The van der Waals surface area contributed by atoms with Gasteiger partial charge in [0.05, 0.1) is 11.9 Å². The highest BCUT2D eigenvalue weighted by Gasteiger charge is 2.09. The van der Waals surface area contributed by atoms with E-state index in [-0.39, 0.29) is 0 Å². The van der Waals surface area contributed by atoms with E-state index in [9.17, 15) is 0 Å². The lowest BCUT2D eigenvalue weighted by molar-refractivity contribution is 0.438. The lowest BCUT2D eigenvalue weighted by Gasteiger charge is -2.19. The number of allylic oxidation sites excluding steroid dienone is 2. The summed E-state index contributed by atoms with van der Waals surface area (Å²) in [4.78, 5) is 0.912. The van der Waals surface area contributed by atoms with Gasteiger partial charge in [0.2, 0.25) is 0 Å². The maximum absolute atomic E-state index is 4.56. The van der Waals surface area contributed by atoms with Crippen molar-refractivity contribution in [2.45, 2.75) is 12.8 Å². The molecule has 1 aromatic heterocycles. The third-order valence-corrected chi connectivity index (χ3v) is 3.76. The van der Waals surface area contributed by atoms with Crippen molar-refractivity contribution in [2.75, 3.05) is 13.1 Å². The molecule has 3 nitrogen and oxygen atoms in total. The maximum Gasteiger partial charge on any atom is 0.0811 e. The maximum atomic E-state index is 4.56. The summed E-state index contributed by atoms with van der Waals surface area (Å²) in [6.07, 6.45) is 12.5. The van der Waals surface area contributed by atoms with Crippen molar-refractivity contribution in [1.29, 1.82) is 0 Å². The van der Waals surface area contributed by atoms with Crippen LogP contribution in [0.1, 0.15) is 24.1 Å². The molecule has 0 saturated carbocycles. The number of hydrogen-bond donors (Lipinski definition) is 2. The van der Waals surface area contributed by atoms with E-state index in [0.717, 1.165) is 29.3 Å². The van der Waals surface area contributed by atoms with Gasteiger partial charge in [-0.05, 0) is 31.4 Å². The van der Waals surface area contributed by atoms with Crippen molar-refractivity contribution in [3.63, 3.8) is 0 Å². The summed E-state index contributed by atoms with van der Waals surface area (Å²) in [5, 5.41) is 7.64. The Balaban J connectivity index is 2.07. The normalized spacial score (nSPS) is 20.9. The lowest BCUT2D eigenvalue weighted by Crippen LogP contribution is -2.28. The first-order chi connectivity index (χ1) is 9.22. The van der Waals surface area contributed by atoms with Crippen molar-refractivity contribution < 1.29 is 0 Å². The van der Waals surface area contributed by atoms with E-state index < -0.39 is 0 Å². The summed E-state index contributed by atoms with van der Waals surface area (Å²) in [6, 6.07) is 0. The third-order valence-electron chi connectivity index (χ3n) is 3.40. The van der Waals surface area contributed by atoms with E-state index in [1.54, 1.807) is 12.3 Å². The molecule has 0 amide bonds. The molecular weight excluding hydrogens is 254 g/mol. The lowest BCUT2D eigenvalue weighted by atomic mass is 9.99. The molecule has 0 radical (unpaired) electrons. The van der Waals surface area contributed by atoms with Crippen LogP contribution in [0.2, 0.25) is 0 Å². The number of nitrogens with one attached hydrogen (secondary N) is 1. The Morgan fingerprint density at radius 3 is 3.16 bits per heavy atom. The predicted octanol–water partition coefficient (Wildman–Crippen LogP) is 2.89. The fourth-order valence-corrected chi connectivity index (χ4v) is 2.70. The van der Waals surface area contributed by atoms with Gasteiger partial charge in [-0.25, -0.2) is 0 Å². The number of rotatable bonds is 4. The topological polar surface area (TPSA) is 29.9 Å². The molecule has 4 heteroatoms. The molecule has 1 atom stereocenters. The Bertz CT molecular complexity index is 493. The largest absolute Gasteiger partial charge is 0.316 e. The van der Waals surface area contributed by atoms with Crippen molar-refractivity contribution >= 4 is 23.6 Å². The Labute approximate surface area is 120 Å². The zero-order valence-electron chi connectivity index (χ0n) is 11.3. The molecule has 1 saturated heterocycles. The Morgan fingerprint density at radius 2 is 2.47 bits per heavy atom. The molecule has 19 heavy (non-hydrogen) atoms. The van der Waals surface area contributed by atoms with Crippen LogP contribution in [0, 0.1) is 5.92 Å². The van der Waals surface area contributed by atoms with E-state index in [0.29, 0.717) is 5.92 Å². The molecule has 0 aliphatic carbocycles. The van der Waals surface area contributed by atoms with E-state index in [2.05, 4.69) is 41.8 Å². The summed E-state index contributed by atoms with van der Waals surface area (Å²) >= 11 is 4.56. The van der Waals surface area contributed by atoms with Crippen molar-refractivity contribution in [1.82, 2.24) is 15.1 Å². The van der Waals surface area contributed by atoms with E-state index in [1.165, 1.54) is 12.8 Å². The number of hydrogen-bond acceptors (Lipinski definition) is 3. The van der Waals surface area contributed by atoms with Gasteiger partial charge in [0.25, 0.3) is 0 Å². The minimum Gasteiger partial charge on any atom is -0.316 e. The Hall–Kier alpha value is -1.26. The molecule has 2 heterocycles. The van der Waals surface area contributed by atoms with Crippen LogP contribution >= 0.6 is 12.6 Å². The molecule has 1 aromatic rings. The molecule has 0 aromatic carbocycles. The predicted molar refractivity (Wildman–Crippen MR) is 85.0 cm³/mol. The molecular formula is C15H21N3S. The highest BCUT2D eigenvalue weighted by atomic mass is 32.1. The monoisotopic (exact) mass is 275 g/mol. The zero-order chi connectivity index (χ0) is 13.7. The number of aryl methyl sites for hydroxylation is 1. The standard InChI is InChI=1S/C15H21N3S/c1-3-13-11-17-18(2)15(13)14(19)8-4-6-12-7-5-9-16-10-12/h3-4,6,8,11-12,16,19H,1,5,7,9-10H2,2H3/b6-4+,14-8-. The van der Waals surface area contributed by atoms with Gasteiger partial charge in [0.15, 0.2) is 0 Å². The Morgan fingerprint density at radius 1 is 1.63 bits per heavy atom. The van der Waals surface area contributed by atoms with Crippen molar-refractivity contribution in [3.05, 3.63) is 42.3 Å². The first-order valence-electron chi connectivity index (χ1n) is 6.65. The molecule has 1 unspecified atom stereocenters. The summed E-state index contributed by atoms with van der Waals surface area (Å²) in [7, 11) is 1.92. The summed E-state index contributed by atoms with van der Waals surface area (Å²) < 4.78 is 1.83. The first kappa shape index (κ1) is 14.2. The van der Waals surface area contributed by atoms with Gasteiger partial charge in [0, 0.05) is 24.1 Å². The van der Waals surface area contributed by atoms with Gasteiger partial charge in [0.1, 0.15) is 0 Å². The van der Waals surface area contributed by atoms with E-state index in [4.69, 9.17) is 0 Å². The Kier molecular flexibility index (Phi) is 5.05. The van der Waals surface area contributed by atoms with Gasteiger partial charge >= 0.3 is 0 Å². The minimum atomic E-state index is 0.636. The molecule has 0 bridgehead atoms. The van der Waals surface area contributed by atoms with Crippen LogP contribution in [-0.2, 0) is 7.05 Å². The number of piperidine rings is 1. The SMILES string of the molecule is C=Cc1cnn(C)c1/C(S)=C/C=C/C1CCCNC1. The molecule has 0 spiro atoms. The first-order valence-corrected chi connectivity index (χ1v) is 7.10. The third kappa shape index (κ3) is 3.61. The van der Waals surface area contributed by atoms with Gasteiger partial charge in [-0.1, -0.05) is 24.8 Å². The summed E-state index contributed by atoms with van der Waals surface area (Å²) in [5.74, 6) is 0.636. The fourth-order valence-electron chi connectivity index (χ4n) is 2.34. The minimum absolute atomic E-state index is 0.636.